The Bertz CT molecular complexity index is 247. The van der Waals surface area contributed by atoms with Crippen LogP contribution in [0.3, 0.4) is 0 Å². The van der Waals surface area contributed by atoms with Crippen molar-refractivity contribution in [1.82, 2.24) is 10.3 Å². The van der Waals surface area contributed by atoms with E-state index in [-0.39, 0.29) is 12.1 Å². The average molecular weight is 153 g/mol. The zero-order valence-corrected chi connectivity index (χ0v) is 5.93. The highest BCUT2D eigenvalue weighted by molar-refractivity contribution is 5.86. The second-order valence-electron chi connectivity index (χ2n) is 2.40. The van der Waals surface area contributed by atoms with Crippen molar-refractivity contribution in [2.24, 2.45) is 15.3 Å². The molecule has 58 valence electrons. The van der Waals surface area contributed by atoms with Gasteiger partial charge in [-0.25, -0.2) is 5.01 Å². The van der Waals surface area contributed by atoms with E-state index in [1.165, 1.54) is 11.3 Å². The van der Waals surface area contributed by atoms with Crippen LogP contribution >= 0.6 is 0 Å². The van der Waals surface area contributed by atoms with Gasteiger partial charge in [0, 0.05) is 7.05 Å². The second-order valence-corrected chi connectivity index (χ2v) is 2.40. The number of likely N-dealkylation sites (N-methyl/N-ethyl adjacent to an activating group) is 1. The fourth-order valence-corrected chi connectivity index (χ4v) is 1.04. The number of amides is 1. The van der Waals surface area contributed by atoms with Crippen molar-refractivity contribution in [3.63, 3.8) is 0 Å². The fourth-order valence-electron chi connectivity index (χ4n) is 1.04. The number of hydrogen-bond acceptors (Lipinski definition) is 5. The molecule has 0 radical (unpaired) electrons. The van der Waals surface area contributed by atoms with Crippen molar-refractivity contribution in [1.29, 1.82) is 0 Å². The molecule has 1 amide bonds. The van der Waals surface area contributed by atoms with E-state index in [9.17, 15) is 4.79 Å². The van der Waals surface area contributed by atoms with Gasteiger partial charge in [-0.2, -0.15) is 0 Å². The molecule has 0 spiro atoms. The molecule has 0 aromatic carbocycles. The van der Waals surface area contributed by atoms with Gasteiger partial charge in [0.15, 0.2) is 12.2 Å². The number of carbonyl (C=O) groups is 1. The zero-order chi connectivity index (χ0) is 7.84. The lowest BCUT2D eigenvalue weighted by molar-refractivity contribution is -0.133. The third-order valence-corrected chi connectivity index (χ3v) is 1.66. The van der Waals surface area contributed by atoms with Crippen molar-refractivity contribution in [3.05, 3.63) is 0 Å². The van der Waals surface area contributed by atoms with Crippen molar-refractivity contribution in [2.45, 2.75) is 12.2 Å². The van der Waals surface area contributed by atoms with E-state index in [0.717, 1.165) is 0 Å². The van der Waals surface area contributed by atoms with E-state index in [4.69, 9.17) is 0 Å². The van der Waals surface area contributed by atoms with Crippen molar-refractivity contribution in [2.75, 3.05) is 7.05 Å². The summed E-state index contributed by atoms with van der Waals surface area (Å²) in [5.74, 6) is -0.119. The van der Waals surface area contributed by atoms with Gasteiger partial charge in [-0.3, -0.25) is 9.79 Å². The van der Waals surface area contributed by atoms with Crippen LogP contribution in [0.2, 0.25) is 0 Å². The predicted molar refractivity (Wildman–Crippen MR) is 36.8 cm³/mol. The molecule has 0 aromatic rings. The second kappa shape index (κ2) is 2.01. The summed E-state index contributed by atoms with van der Waals surface area (Å²) in [6.45, 7) is 0. The lowest BCUT2D eigenvalue weighted by atomic mass is 10.2. The topological polar surface area (TPSA) is 69.4 Å². The number of hydrogen-bond donors (Lipinski definition) is 1. The Morgan fingerprint density at radius 2 is 2.55 bits per heavy atom. The van der Waals surface area contributed by atoms with Gasteiger partial charge in [0.1, 0.15) is 0 Å². The maximum Gasteiger partial charge on any atom is 0.272 e. The van der Waals surface area contributed by atoms with Crippen LogP contribution in [0.5, 0.6) is 0 Å². The van der Waals surface area contributed by atoms with E-state index < -0.39 is 6.04 Å². The van der Waals surface area contributed by atoms with Gasteiger partial charge in [0.25, 0.3) is 5.91 Å². The average Bonchev–Trinajstić information content (AvgIpc) is 2.45. The lowest BCUT2D eigenvalue weighted by Crippen LogP contribution is -2.44. The first-order valence-electron chi connectivity index (χ1n) is 3.25. The molecule has 6 heteroatoms. The van der Waals surface area contributed by atoms with Gasteiger partial charge in [0.05, 0.1) is 6.34 Å². The number of nitrogens with one attached hydrogen (secondary N) is 1. The first-order chi connectivity index (χ1) is 5.29. The highest BCUT2D eigenvalue weighted by Gasteiger charge is 2.36. The molecule has 11 heavy (non-hydrogen) atoms. The van der Waals surface area contributed by atoms with Crippen molar-refractivity contribution >= 4 is 12.2 Å². The van der Waals surface area contributed by atoms with E-state index in [2.05, 4.69) is 20.6 Å². The maximum absolute atomic E-state index is 11.2. The van der Waals surface area contributed by atoms with Gasteiger partial charge < -0.3 is 5.32 Å². The van der Waals surface area contributed by atoms with Crippen LogP contribution in [0, 0.1) is 0 Å². The summed E-state index contributed by atoms with van der Waals surface area (Å²) in [6.07, 6.45) is 1.21. The molecule has 2 atom stereocenters. The summed E-state index contributed by atoms with van der Waals surface area (Å²) < 4.78 is 0. The fraction of sp³-hybridized carbons (Fsp3) is 0.600. The van der Waals surface area contributed by atoms with Crippen LogP contribution in [-0.2, 0) is 4.79 Å². The Hall–Kier alpha value is -1.46. The largest absolute Gasteiger partial charge is 0.351 e. The Morgan fingerprint density at radius 3 is 3.36 bits per heavy atom. The highest BCUT2D eigenvalue weighted by atomic mass is 16.2. The molecule has 0 fully saturated rings. The van der Waals surface area contributed by atoms with E-state index in [1.807, 2.05) is 0 Å². The first kappa shape index (κ1) is 6.26. The highest BCUT2D eigenvalue weighted by Crippen LogP contribution is 2.14. The van der Waals surface area contributed by atoms with Crippen LogP contribution in [0.4, 0.5) is 0 Å². The first-order valence-corrected chi connectivity index (χ1v) is 3.25. The predicted octanol–water partition coefficient (Wildman–Crippen LogP) is -0.848. The molecule has 1 N–H and O–H groups in total. The molecule has 0 saturated carbocycles. The molecule has 2 aliphatic heterocycles. The van der Waals surface area contributed by atoms with E-state index in [0.29, 0.717) is 0 Å². The molecule has 0 bridgehead atoms. The molecule has 0 saturated heterocycles. The summed E-state index contributed by atoms with van der Waals surface area (Å²) in [5, 5.41) is 11.4. The summed E-state index contributed by atoms with van der Waals surface area (Å²) in [6, 6.07) is -0.405. The van der Waals surface area contributed by atoms with E-state index >= 15 is 0 Å². The summed E-state index contributed by atoms with van der Waals surface area (Å²) in [4.78, 5) is 15.1. The van der Waals surface area contributed by atoms with Crippen LogP contribution in [0.15, 0.2) is 15.3 Å². The Labute approximate surface area is 63.0 Å². The Balaban J connectivity index is 2.30. The SMILES string of the molecule is CN1N=NC2NC=NC2C1=O. The molecule has 2 heterocycles. The third kappa shape index (κ3) is 0.787. The minimum Gasteiger partial charge on any atom is -0.351 e. The van der Waals surface area contributed by atoms with Gasteiger partial charge in [0.2, 0.25) is 0 Å². The monoisotopic (exact) mass is 153 g/mol. The lowest BCUT2D eigenvalue weighted by Gasteiger charge is -2.21. The number of rotatable bonds is 0. The number of nitrogens with zero attached hydrogens (tertiary/aromatic N) is 4. The molecule has 2 unspecified atom stereocenters. The Morgan fingerprint density at radius 1 is 1.73 bits per heavy atom. The minimum absolute atomic E-state index is 0.119. The quantitative estimate of drug-likeness (QED) is 0.492. The molecule has 2 aliphatic rings. The number of aliphatic imine (C=N–C) groups is 1. The smallest absolute Gasteiger partial charge is 0.272 e. The standard InChI is InChI=1S/C5H7N5O/c1-10-5(11)3-4(8-9-10)7-2-6-3/h2-4H,1H3,(H,6,7). The summed E-state index contributed by atoms with van der Waals surface area (Å²) >= 11 is 0. The summed E-state index contributed by atoms with van der Waals surface area (Å²) in [7, 11) is 1.57. The molecule has 6 nitrogen and oxygen atoms in total. The molecular formula is C5H7N5O. The van der Waals surface area contributed by atoms with Crippen LogP contribution < -0.4 is 5.32 Å². The third-order valence-electron chi connectivity index (χ3n) is 1.66. The zero-order valence-electron chi connectivity index (χ0n) is 5.93. The maximum atomic E-state index is 11.2. The van der Waals surface area contributed by atoms with Gasteiger partial charge in [-0.1, -0.05) is 5.22 Å². The van der Waals surface area contributed by atoms with Crippen LogP contribution in [0.1, 0.15) is 0 Å². The molecular weight excluding hydrogens is 146 g/mol. The van der Waals surface area contributed by atoms with Gasteiger partial charge in [-0.05, 0) is 0 Å². The van der Waals surface area contributed by atoms with Crippen LogP contribution in [0.25, 0.3) is 0 Å². The van der Waals surface area contributed by atoms with E-state index in [1.54, 1.807) is 7.05 Å². The van der Waals surface area contributed by atoms with Crippen molar-refractivity contribution in [3.8, 4) is 0 Å². The normalized spacial score (nSPS) is 33.9. The molecule has 0 aromatic heterocycles. The number of carbonyl (C=O) groups excluding carboxylic acids is 1. The van der Waals surface area contributed by atoms with Crippen LogP contribution in [-0.4, -0.2) is 36.5 Å². The van der Waals surface area contributed by atoms with Crippen molar-refractivity contribution < 1.29 is 4.79 Å². The summed E-state index contributed by atoms with van der Waals surface area (Å²) in [5.41, 5.74) is 0. The Kier molecular flexibility index (Phi) is 1.14. The molecule has 0 aliphatic carbocycles. The molecule has 2 rings (SSSR count). The minimum atomic E-state index is -0.405. The number of fused-ring (bicyclic) bond motifs is 1. The van der Waals surface area contributed by atoms with Gasteiger partial charge in [-0.15, -0.1) is 5.11 Å². The van der Waals surface area contributed by atoms with Gasteiger partial charge >= 0.3 is 0 Å².